The van der Waals surface area contributed by atoms with Crippen LogP contribution in [0.25, 0.3) is 0 Å². The summed E-state index contributed by atoms with van der Waals surface area (Å²) in [5, 5.41) is 19.2. The van der Waals surface area contributed by atoms with E-state index in [4.69, 9.17) is 11.6 Å². The molecule has 1 aromatic rings. The van der Waals surface area contributed by atoms with Gasteiger partial charge in [0.05, 0.1) is 23.5 Å². The van der Waals surface area contributed by atoms with Crippen LogP contribution in [-0.4, -0.2) is 53.5 Å². The van der Waals surface area contributed by atoms with Gasteiger partial charge in [-0.05, 0) is 27.1 Å². The number of hydrogen-bond donors (Lipinski definition) is 2. The van der Waals surface area contributed by atoms with Crippen LogP contribution in [0.5, 0.6) is 0 Å². The van der Waals surface area contributed by atoms with E-state index in [1.165, 1.54) is 0 Å². The molecule has 0 aliphatic carbocycles. The molecular weight excluding hydrogens is 264 g/mol. The van der Waals surface area contributed by atoms with Gasteiger partial charge in [0, 0.05) is 19.0 Å². The summed E-state index contributed by atoms with van der Waals surface area (Å²) >= 11 is 6.27. The molecule has 2 heterocycles. The average molecular weight is 287 g/mol. The zero-order chi connectivity index (χ0) is 14.0. The maximum Gasteiger partial charge on any atom is 0.113 e. The largest absolute Gasteiger partial charge is 0.383 e. The predicted octanol–water partition coefficient (Wildman–Crippen LogP) is 0.915. The molecule has 5 nitrogen and oxygen atoms in total. The molecule has 2 atom stereocenters. The van der Waals surface area contributed by atoms with Crippen LogP contribution in [0.1, 0.15) is 19.0 Å². The Morgan fingerprint density at radius 3 is 3.00 bits per heavy atom. The van der Waals surface area contributed by atoms with E-state index >= 15 is 0 Å². The number of aliphatic hydroxyl groups is 1. The average Bonchev–Trinajstić information content (AvgIpc) is 2.72. The molecule has 1 fully saturated rings. The van der Waals surface area contributed by atoms with E-state index in [1.54, 1.807) is 6.20 Å². The van der Waals surface area contributed by atoms with Crippen LogP contribution in [0.3, 0.4) is 0 Å². The molecule has 2 unspecified atom stereocenters. The number of hydrogen-bond acceptors (Lipinski definition) is 4. The van der Waals surface area contributed by atoms with Crippen molar-refractivity contribution >= 4 is 11.6 Å². The van der Waals surface area contributed by atoms with Gasteiger partial charge in [-0.3, -0.25) is 4.68 Å². The quantitative estimate of drug-likeness (QED) is 0.864. The normalized spacial score (nSPS) is 28.0. The van der Waals surface area contributed by atoms with Gasteiger partial charge in [0.25, 0.3) is 0 Å². The molecule has 0 bridgehead atoms. The summed E-state index contributed by atoms with van der Waals surface area (Å²) < 4.78 is 1.85. The lowest BCUT2D eigenvalue weighted by atomic mass is 9.80. The maximum atomic E-state index is 11.0. The highest BCUT2D eigenvalue weighted by molar-refractivity contribution is 6.31. The second-order valence-electron chi connectivity index (χ2n) is 5.65. The molecule has 0 amide bonds. The number of likely N-dealkylation sites (N-methyl/N-ethyl adjacent to an activating group) is 1. The molecule has 0 saturated carbocycles. The summed E-state index contributed by atoms with van der Waals surface area (Å²) in [4.78, 5) is 2.09. The van der Waals surface area contributed by atoms with Crippen molar-refractivity contribution < 1.29 is 5.11 Å². The van der Waals surface area contributed by atoms with Crippen LogP contribution in [0, 0.1) is 5.92 Å². The van der Waals surface area contributed by atoms with Crippen LogP contribution >= 0.6 is 11.6 Å². The third-order valence-corrected chi connectivity index (χ3v) is 4.19. The van der Waals surface area contributed by atoms with Gasteiger partial charge in [-0.2, -0.15) is 5.10 Å². The van der Waals surface area contributed by atoms with Crippen molar-refractivity contribution in [1.29, 1.82) is 0 Å². The third-order valence-electron chi connectivity index (χ3n) is 3.91. The van der Waals surface area contributed by atoms with Gasteiger partial charge in [-0.1, -0.05) is 18.5 Å². The number of halogens is 1. The van der Waals surface area contributed by atoms with Gasteiger partial charge in [-0.15, -0.1) is 0 Å². The molecule has 0 spiro atoms. The van der Waals surface area contributed by atoms with E-state index in [1.807, 2.05) is 25.7 Å². The van der Waals surface area contributed by atoms with Crippen molar-refractivity contribution in [3.8, 4) is 0 Å². The highest BCUT2D eigenvalue weighted by Gasteiger charge is 2.42. The van der Waals surface area contributed by atoms with Crippen LogP contribution in [0.4, 0.5) is 0 Å². The first-order valence-corrected chi connectivity index (χ1v) is 7.12. The van der Waals surface area contributed by atoms with E-state index in [-0.39, 0.29) is 5.92 Å². The fraction of sp³-hybridized carbons (Fsp3) is 0.769. The molecule has 1 aliphatic rings. The van der Waals surface area contributed by atoms with E-state index in [9.17, 15) is 5.11 Å². The van der Waals surface area contributed by atoms with Gasteiger partial charge in [-0.25, -0.2) is 0 Å². The van der Waals surface area contributed by atoms with E-state index < -0.39 is 5.60 Å². The summed E-state index contributed by atoms with van der Waals surface area (Å²) in [6.45, 7) is 5.25. The van der Waals surface area contributed by atoms with Gasteiger partial charge < -0.3 is 15.3 Å². The van der Waals surface area contributed by atoms with Crippen molar-refractivity contribution in [2.45, 2.75) is 25.5 Å². The molecule has 0 radical (unpaired) electrons. The minimum atomic E-state index is -0.884. The van der Waals surface area contributed by atoms with Crippen molar-refractivity contribution in [3.05, 3.63) is 16.9 Å². The highest BCUT2D eigenvalue weighted by atomic mass is 35.5. The molecular formula is C13H23ClN4O. The van der Waals surface area contributed by atoms with E-state index in [0.717, 1.165) is 31.9 Å². The molecule has 1 aromatic heterocycles. The second-order valence-corrected chi connectivity index (χ2v) is 6.05. The Balaban J connectivity index is 2.29. The van der Waals surface area contributed by atoms with Gasteiger partial charge >= 0.3 is 0 Å². The first-order valence-electron chi connectivity index (χ1n) is 6.74. The number of nitrogens with one attached hydrogen (secondary N) is 1. The fourth-order valence-corrected chi connectivity index (χ4v) is 2.93. The number of rotatable bonds is 4. The predicted molar refractivity (Wildman–Crippen MR) is 76.3 cm³/mol. The molecule has 108 valence electrons. The van der Waals surface area contributed by atoms with E-state index in [2.05, 4.69) is 15.3 Å². The maximum absolute atomic E-state index is 11.0. The van der Waals surface area contributed by atoms with Crippen molar-refractivity contribution in [3.63, 3.8) is 0 Å². The first kappa shape index (κ1) is 14.8. The standard InChI is InChI=1S/C13H23ClN4O/c1-10-8-15-5-4-13(10,19)12-11(14)9-16-18(12)7-6-17(2)3/h9-10,15,19H,4-8H2,1-3H3. The topological polar surface area (TPSA) is 53.3 Å². The molecule has 2 N–H and O–H groups in total. The minimum absolute atomic E-state index is 0.119. The van der Waals surface area contributed by atoms with Crippen LogP contribution in [0.2, 0.25) is 5.02 Å². The van der Waals surface area contributed by atoms with Crippen molar-refractivity contribution in [2.75, 3.05) is 33.7 Å². The van der Waals surface area contributed by atoms with Crippen molar-refractivity contribution in [2.24, 2.45) is 5.92 Å². The highest BCUT2D eigenvalue weighted by Crippen LogP contribution is 2.38. The Kier molecular flexibility index (Phi) is 4.50. The summed E-state index contributed by atoms with van der Waals surface area (Å²) in [6.07, 6.45) is 2.31. The zero-order valence-electron chi connectivity index (χ0n) is 11.9. The van der Waals surface area contributed by atoms with Crippen LogP contribution in [-0.2, 0) is 12.1 Å². The molecule has 1 aliphatic heterocycles. The zero-order valence-corrected chi connectivity index (χ0v) is 12.6. The summed E-state index contributed by atoms with van der Waals surface area (Å²) in [5.74, 6) is 0.119. The molecule has 19 heavy (non-hydrogen) atoms. The van der Waals surface area contributed by atoms with Crippen LogP contribution in [0.15, 0.2) is 6.20 Å². The van der Waals surface area contributed by atoms with Gasteiger partial charge in [0.1, 0.15) is 5.60 Å². The Labute approximate surface area is 119 Å². The lowest BCUT2D eigenvalue weighted by Crippen LogP contribution is -2.48. The lowest BCUT2D eigenvalue weighted by molar-refractivity contribution is -0.0466. The third kappa shape index (κ3) is 2.94. The van der Waals surface area contributed by atoms with Crippen LogP contribution < -0.4 is 5.32 Å². The number of piperidine rings is 1. The van der Waals surface area contributed by atoms with E-state index in [0.29, 0.717) is 11.4 Å². The Morgan fingerprint density at radius 2 is 2.37 bits per heavy atom. The van der Waals surface area contributed by atoms with Gasteiger partial charge in [0.15, 0.2) is 0 Å². The van der Waals surface area contributed by atoms with Crippen molar-refractivity contribution in [1.82, 2.24) is 20.0 Å². The lowest BCUT2D eigenvalue weighted by Gasteiger charge is -2.39. The molecule has 6 heteroatoms. The fourth-order valence-electron chi connectivity index (χ4n) is 2.62. The molecule has 1 saturated heterocycles. The second kappa shape index (κ2) is 5.79. The van der Waals surface area contributed by atoms with Gasteiger partial charge in [0.2, 0.25) is 0 Å². The number of nitrogens with zero attached hydrogens (tertiary/aromatic N) is 3. The molecule has 0 aromatic carbocycles. The first-order chi connectivity index (χ1) is 8.95. The minimum Gasteiger partial charge on any atom is -0.383 e. The smallest absolute Gasteiger partial charge is 0.113 e. The Hall–Kier alpha value is -0.620. The number of aromatic nitrogens is 2. The SMILES string of the molecule is CC1CNCCC1(O)c1c(Cl)cnn1CCN(C)C. The summed E-state index contributed by atoms with van der Waals surface area (Å²) in [7, 11) is 4.04. The Morgan fingerprint density at radius 1 is 1.63 bits per heavy atom. The molecule has 2 rings (SSSR count). The Bertz CT molecular complexity index is 434. The monoisotopic (exact) mass is 286 g/mol. The summed E-state index contributed by atoms with van der Waals surface area (Å²) in [6, 6.07) is 0. The summed E-state index contributed by atoms with van der Waals surface area (Å²) in [5.41, 5.74) is -0.115.